The van der Waals surface area contributed by atoms with Crippen molar-refractivity contribution >= 4 is 121 Å². The van der Waals surface area contributed by atoms with Crippen LogP contribution < -0.4 is 9.64 Å². The Balaban J connectivity index is 0.000000223. The summed E-state index contributed by atoms with van der Waals surface area (Å²) in [6.07, 6.45) is 7.00. The summed E-state index contributed by atoms with van der Waals surface area (Å²) < 4.78 is 5.48. The molecule has 0 aliphatic carbocycles. The maximum atomic E-state index is 5.48. The molecule has 0 aliphatic rings. The van der Waals surface area contributed by atoms with Gasteiger partial charge in [-0.05, 0) is 172 Å². The zero-order chi connectivity index (χ0) is 54.0. The van der Waals surface area contributed by atoms with Crippen LogP contribution in [0.4, 0.5) is 62.6 Å². The Labute approximate surface area is 476 Å². The summed E-state index contributed by atoms with van der Waals surface area (Å²) in [5.41, 5.74) is 11.7. The van der Waals surface area contributed by atoms with Crippen LogP contribution in [0, 0.1) is 0 Å². The van der Waals surface area contributed by atoms with Crippen molar-refractivity contribution in [2.45, 2.75) is 66.2 Å². The molecule has 0 saturated carbocycles. The van der Waals surface area contributed by atoms with Gasteiger partial charge in [0.1, 0.15) is 5.75 Å². The lowest BCUT2D eigenvalue weighted by Crippen LogP contribution is -2.15. The number of hydrogen-bond acceptors (Lipinski definition) is 12. The highest BCUT2D eigenvalue weighted by Crippen LogP contribution is 2.37. The number of aryl methyl sites for hydroxylation is 2. The standard InChI is InChI=1S/C35H35N7.C28H28N4O.I2/c1-4-6-9-26-12-14-27(15-13-26)36-37-28-16-18-29(19-17-28)38-40-34-24-25-35(33-11-8-7-10-32(33)34)41-39-30-20-22-31(23-21-30)42(3)5-2;1-3-5-8-21-11-13-22(14-12-21)29-31-27-19-20-28(26-10-7-6-9-25(26)27)32-30-23-15-17-24(18-16-23)33-4-2;1-2/h7-8,10-25H,4-6,9H2,1-3H3;6-7,9-20H,3-5,8H2,1-2H3;. The molecule has 0 bridgehead atoms. The first-order valence-electron chi connectivity index (χ1n) is 26.0. The van der Waals surface area contributed by atoms with E-state index in [1.165, 1.54) is 36.8 Å². The molecule has 0 saturated heterocycles. The molecule has 0 unspecified atom stereocenters. The minimum absolute atomic E-state index is 0.640. The smallest absolute Gasteiger partial charge is 0.119 e. The van der Waals surface area contributed by atoms with E-state index in [1.54, 1.807) is 0 Å². The van der Waals surface area contributed by atoms with Gasteiger partial charge in [-0.25, -0.2) is 0 Å². The van der Waals surface area contributed by atoms with E-state index in [9.17, 15) is 0 Å². The van der Waals surface area contributed by atoms with E-state index in [0.29, 0.717) is 6.61 Å². The Morgan fingerprint density at radius 2 is 0.636 bits per heavy atom. The van der Waals surface area contributed by atoms with Crippen molar-refractivity contribution in [1.82, 2.24) is 0 Å². The first-order chi connectivity index (χ1) is 37.9. The monoisotopic (exact) mass is 1240 g/mol. The van der Waals surface area contributed by atoms with Crippen molar-refractivity contribution in [2.24, 2.45) is 51.1 Å². The van der Waals surface area contributed by atoms with Crippen molar-refractivity contribution in [3.8, 4) is 5.75 Å². The van der Waals surface area contributed by atoms with Gasteiger partial charge in [0, 0.05) is 78.1 Å². The van der Waals surface area contributed by atoms with Crippen LogP contribution in [0.3, 0.4) is 0 Å². The third-order valence-corrected chi connectivity index (χ3v) is 12.4. The van der Waals surface area contributed by atoms with Crippen molar-refractivity contribution in [3.05, 3.63) is 205 Å². The van der Waals surface area contributed by atoms with Crippen LogP contribution in [0.5, 0.6) is 5.75 Å². The lowest BCUT2D eigenvalue weighted by molar-refractivity contribution is 0.340. The highest BCUT2D eigenvalue weighted by Gasteiger charge is 2.08. The molecule has 14 heteroatoms. The molecule has 0 fully saturated rings. The number of hydrogen-bond donors (Lipinski definition) is 0. The molecule has 390 valence electrons. The number of rotatable bonds is 20. The number of ether oxygens (including phenoxy) is 1. The van der Waals surface area contributed by atoms with Crippen LogP contribution in [-0.4, -0.2) is 20.2 Å². The van der Waals surface area contributed by atoms with Gasteiger partial charge in [-0.1, -0.05) is 99.5 Å². The maximum Gasteiger partial charge on any atom is 0.119 e. The van der Waals surface area contributed by atoms with E-state index in [-0.39, 0.29) is 0 Å². The van der Waals surface area contributed by atoms with E-state index in [4.69, 9.17) is 4.74 Å². The van der Waals surface area contributed by atoms with Gasteiger partial charge in [0.05, 0.1) is 63.5 Å². The zero-order valence-electron chi connectivity index (χ0n) is 44.2. The number of unbranched alkanes of at least 4 members (excludes halogenated alkanes) is 2. The fourth-order valence-electron chi connectivity index (χ4n) is 7.98. The molecule has 0 radical (unpaired) electrons. The van der Waals surface area contributed by atoms with Crippen LogP contribution >= 0.6 is 37.2 Å². The summed E-state index contributed by atoms with van der Waals surface area (Å²) in [6.45, 7) is 10.1. The molecule has 0 heterocycles. The molecule has 0 aromatic heterocycles. The molecule has 9 aromatic rings. The quantitative estimate of drug-likeness (QED) is 0.0555. The topological polar surface area (TPSA) is 136 Å². The first kappa shape index (κ1) is 57.3. The van der Waals surface area contributed by atoms with Crippen molar-refractivity contribution in [1.29, 1.82) is 0 Å². The molecular formula is C63H63I2N11O. The molecule has 0 aliphatic heterocycles. The normalized spacial score (nSPS) is 11.5. The largest absolute Gasteiger partial charge is 0.494 e. The lowest BCUT2D eigenvalue weighted by atomic mass is 10.1. The minimum atomic E-state index is 0.640. The highest BCUT2D eigenvalue weighted by molar-refractivity contribution is 15.0. The van der Waals surface area contributed by atoms with Gasteiger partial charge in [0.25, 0.3) is 0 Å². The average Bonchev–Trinajstić information content (AvgIpc) is 3.49. The summed E-state index contributed by atoms with van der Waals surface area (Å²) in [7, 11) is 2.07. The fraction of sp³-hybridized carbons (Fsp3) is 0.206. The Hall–Kier alpha value is -7.44. The summed E-state index contributed by atoms with van der Waals surface area (Å²) in [5.74, 6) is 0.826. The Morgan fingerprint density at radius 1 is 0.351 bits per heavy atom. The van der Waals surface area contributed by atoms with E-state index in [2.05, 4.69) is 157 Å². The number of halogens is 2. The zero-order valence-corrected chi connectivity index (χ0v) is 48.5. The van der Waals surface area contributed by atoms with Crippen LogP contribution in [-0.2, 0) is 12.8 Å². The SMILES string of the molecule is CCCCc1ccc(N=Nc2ccc(N=Nc3ccc(N=Nc4ccc(N(C)CC)cc4)c4ccccc34)cc2)cc1.CCCCc1ccc(N=Nc2ccc(N=Nc3ccc(OCC)cc3)c3ccccc23)cc1.II. The second-order valence-electron chi connectivity index (χ2n) is 17.8. The molecule has 0 spiro atoms. The predicted molar refractivity (Wildman–Crippen MR) is 336 cm³/mol. The van der Waals surface area contributed by atoms with Crippen LogP contribution in [0.25, 0.3) is 21.5 Å². The van der Waals surface area contributed by atoms with Gasteiger partial charge in [-0.3, -0.25) is 0 Å². The Kier molecular flexibility index (Phi) is 23.0. The van der Waals surface area contributed by atoms with Crippen LogP contribution in [0.1, 0.15) is 64.5 Å². The molecular weight excluding hydrogens is 1180 g/mol. The van der Waals surface area contributed by atoms with Crippen LogP contribution in [0.15, 0.2) is 245 Å². The summed E-state index contributed by atoms with van der Waals surface area (Å²) >= 11 is 4.24. The predicted octanol–water partition coefficient (Wildman–Crippen LogP) is 23.1. The van der Waals surface area contributed by atoms with Crippen LogP contribution in [0.2, 0.25) is 0 Å². The van der Waals surface area contributed by atoms with E-state index >= 15 is 0 Å². The van der Waals surface area contributed by atoms with Crippen molar-refractivity contribution in [3.63, 3.8) is 0 Å². The van der Waals surface area contributed by atoms with Gasteiger partial charge in [0.2, 0.25) is 0 Å². The molecule has 9 rings (SSSR count). The third-order valence-electron chi connectivity index (χ3n) is 12.4. The van der Waals surface area contributed by atoms with Gasteiger partial charge >= 0.3 is 0 Å². The highest BCUT2D eigenvalue weighted by atomic mass is 128. The van der Waals surface area contributed by atoms with E-state index in [0.717, 1.165) is 109 Å². The van der Waals surface area contributed by atoms with E-state index < -0.39 is 0 Å². The number of nitrogens with zero attached hydrogens (tertiary/aromatic N) is 11. The van der Waals surface area contributed by atoms with Gasteiger partial charge < -0.3 is 9.64 Å². The molecule has 77 heavy (non-hydrogen) atoms. The minimum Gasteiger partial charge on any atom is -0.494 e. The lowest BCUT2D eigenvalue weighted by Gasteiger charge is -2.16. The van der Waals surface area contributed by atoms with Crippen molar-refractivity contribution < 1.29 is 4.74 Å². The molecule has 12 nitrogen and oxygen atoms in total. The number of benzene rings is 9. The first-order valence-corrected chi connectivity index (χ1v) is 32.3. The van der Waals surface area contributed by atoms with Gasteiger partial charge in [-0.2, -0.15) is 30.7 Å². The Morgan fingerprint density at radius 3 is 0.935 bits per heavy atom. The number of fused-ring (bicyclic) bond motifs is 2. The second-order valence-corrected chi connectivity index (χ2v) is 17.8. The summed E-state index contributed by atoms with van der Waals surface area (Å²) in [5, 5.41) is 48.5. The molecule has 0 atom stereocenters. The maximum absolute atomic E-state index is 5.48. The Bertz CT molecular complexity index is 3400. The molecule has 0 amide bonds. The third kappa shape index (κ3) is 17.3. The second kappa shape index (κ2) is 30.9. The molecule has 0 N–H and O–H groups in total. The van der Waals surface area contributed by atoms with Gasteiger partial charge in [0.15, 0.2) is 0 Å². The molecule has 9 aromatic carbocycles. The summed E-state index contributed by atoms with van der Waals surface area (Å²) in [6, 6.07) is 63.6. The van der Waals surface area contributed by atoms with E-state index in [1.807, 2.05) is 165 Å². The number of azo groups is 5. The number of anilines is 1. The summed E-state index contributed by atoms with van der Waals surface area (Å²) in [4.78, 5) is 2.18. The van der Waals surface area contributed by atoms with Crippen molar-refractivity contribution in [2.75, 3.05) is 25.1 Å². The van der Waals surface area contributed by atoms with Gasteiger partial charge in [-0.15, -0.1) is 20.5 Å². The average molecular weight is 1240 g/mol. The fourth-order valence-corrected chi connectivity index (χ4v) is 7.98.